The van der Waals surface area contributed by atoms with E-state index in [1.807, 2.05) is 0 Å². The average molecular weight is 277 g/mol. The monoisotopic (exact) mass is 277 g/mol. The van der Waals surface area contributed by atoms with E-state index in [2.05, 4.69) is 19.2 Å². The van der Waals surface area contributed by atoms with Crippen molar-refractivity contribution in [1.29, 1.82) is 0 Å². The number of hydrogen-bond donors (Lipinski definition) is 1. The Balaban J connectivity index is 1.56. The van der Waals surface area contributed by atoms with E-state index >= 15 is 0 Å². The average Bonchev–Trinajstić information content (AvgIpc) is 3.13. The van der Waals surface area contributed by atoms with Gasteiger partial charge in [-0.3, -0.25) is 0 Å². The van der Waals surface area contributed by atoms with Crippen LogP contribution in [0.4, 0.5) is 4.39 Å². The van der Waals surface area contributed by atoms with Crippen molar-refractivity contribution in [2.24, 2.45) is 11.8 Å². The minimum atomic E-state index is -0.163. The van der Waals surface area contributed by atoms with Gasteiger partial charge in [0.25, 0.3) is 0 Å². The Morgan fingerprint density at radius 2 is 2.15 bits per heavy atom. The van der Waals surface area contributed by atoms with Crippen LogP contribution in [0.1, 0.15) is 38.7 Å². The molecule has 0 spiro atoms. The van der Waals surface area contributed by atoms with Gasteiger partial charge in [-0.25, -0.2) is 4.39 Å². The third-order valence-corrected chi connectivity index (χ3v) is 4.52. The molecule has 2 nitrogen and oxygen atoms in total. The lowest BCUT2D eigenvalue weighted by Crippen LogP contribution is -2.31. The summed E-state index contributed by atoms with van der Waals surface area (Å²) in [6.07, 6.45) is 4.76. The highest BCUT2D eigenvalue weighted by molar-refractivity contribution is 5.37. The maximum Gasteiger partial charge on any atom is 0.123 e. The number of rotatable bonds is 6. The molecule has 1 N–H and O–H groups in total. The van der Waals surface area contributed by atoms with Gasteiger partial charge in [0.2, 0.25) is 0 Å². The van der Waals surface area contributed by atoms with Gasteiger partial charge < -0.3 is 10.1 Å². The predicted molar refractivity (Wildman–Crippen MR) is 78.5 cm³/mol. The van der Waals surface area contributed by atoms with Crippen LogP contribution in [-0.2, 0) is 6.42 Å². The fraction of sp³-hybridized carbons (Fsp3) is 0.647. The molecule has 0 saturated heterocycles. The van der Waals surface area contributed by atoms with Crippen LogP contribution in [-0.4, -0.2) is 18.7 Å². The summed E-state index contributed by atoms with van der Waals surface area (Å²) in [5, 5.41) is 3.63. The van der Waals surface area contributed by atoms with Crippen molar-refractivity contribution in [2.45, 2.75) is 51.7 Å². The number of benzene rings is 1. The summed E-state index contributed by atoms with van der Waals surface area (Å²) in [6, 6.07) is 5.61. The van der Waals surface area contributed by atoms with Crippen molar-refractivity contribution >= 4 is 0 Å². The van der Waals surface area contributed by atoms with Crippen molar-refractivity contribution in [3.8, 4) is 5.75 Å². The highest BCUT2D eigenvalue weighted by Crippen LogP contribution is 2.33. The second kappa shape index (κ2) is 5.72. The lowest BCUT2D eigenvalue weighted by molar-refractivity contribution is 0.172. The maximum atomic E-state index is 13.2. The Bertz CT molecular complexity index is 470. The second-order valence-corrected chi connectivity index (χ2v) is 6.62. The van der Waals surface area contributed by atoms with Gasteiger partial charge in [-0.2, -0.15) is 0 Å². The molecule has 1 aromatic carbocycles. The summed E-state index contributed by atoms with van der Waals surface area (Å²) in [6.45, 7) is 5.63. The standard InChI is InChI=1S/C17H24FNO/c1-11(2)13(10-19-15-4-5-15)9-16-8-12-7-14(18)3-6-17(12)20-16/h3,6-7,11,13,15-16,19H,4-5,8-10H2,1-2H3. The van der Waals surface area contributed by atoms with Crippen LogP contribution in [0, 0.1) is 17.7 Å². The van der Waals surface area contributed by atoms with Gasteiger partial charge in [0.1, 0.15) is 17.7 Å². The van der Waals surface area contributed by atoms with Crippen molar-refractivity contribution in [2.75, 3.05) is 6.54 Å². The molecule has 0 bridgehead atoms. The van der Waals surface area contributed by atoms with E-state index in [1.54, 1.807) is 12.1 Å². The SMILES string of the molecule is CC(C)C(CNC1CC1)CC1Cc2cc(F)ccc2O1. The third-order valence-electron chi connectivity index (χ3n) is 4.52. The Kier molecular flexibility index (Phi) is 3.97. The van der Waals surface area contributed by atoms with Gasteiger partial charge in [0, 0.05) is 18.0 Å². The molecule has 1 fully saturated rings. The molecule has 3 heteroatoms. The summed E-state index contributed by atoms with van der Waals surface area (Å²) >= 11 is 0. The molecule has 3 rings (SSSR count). The summed E-state index contributed by atoms with van der Waals surface area (Å²) in [4.78, 5) is 0. The molecule has 0 amide bonds. The number of fused-ring (bicyclic) bond motifs is 1. The first-order valence-corrected chi connectivity index (χ1v) is 7.80. The lowest BCUT2D eigenvalue weighted by Gasteiger charge is -2.24. The minimum absolute atomic E-state index is 0.163. The van der Waals surface area contributed by atoms with Crippen molar-refractivity contribution < 1.29 is 9.13 Å². The molecule has 2 atom stereocenters. The quantitative estimate of drug-likeness (QED) is 0.858. The molecule has 2 aliphatic rings. The minimum Gasteiger partial charge on any atom is -0.490 e. The molecule has 0 radical (unpaired) electrons. The molecular weight excluding hydrogens is 253 g/mol. The first kappa shape index (κ1) is 13.9. The van der Waals surface area contributed by atoms with Crippen LogP contribution in [0.3, 0.4) is 0 Å². The molecular formula is C17H24FNO. The predicted octanol–water partition coefficient (Wildman–Crippen LogP) is 3.54. The molecule has 1 aromatic rings. The summed E-state index contributed by atoms with van der Waals surface area (Å²) in [7, 11) is 0. The van der Waals surface area contributed by atoms with Crippen LogP contribution in [0.2, 0.25) is 0 Å². The normalized spacial score (nSPS) is 22.7. The lowest BCUT2D eigenvalue weighted by atomic mass is 9.89. The first-order chi connectivity index (χ1) is 9.61. The molecule has 1 aliphatic carbocycles. The molecule has 1 saturated carbocycles. The van der Waals surface area contributed by atoms with E-state index in [1.165, 1.54) is 18.9 Å². The summed E-state index contributed by atoms with van der Waals surface area (Å²) in [5.74, 6) is 1.97. The van der Waals surface area contributed by atoms with Crippen LogP contribution >= 0.6 is 0 Å². The van der Waals surface area contributed by atoms with Gasteiger partial charge >= 0.3 is 0 Å². The molecule has 1 heterocycles. The number of nitrogens with one attached hydrogen (secondary N) is 1. The maximum absolute atomic E-state index is 13.2. The van der Waals surface area contributed by atoms with Gasteiger partial charge in [-0.05, 0) is 55.8 Å². The van der Waals surface area contributed by atoms with Crippen molar-refractivity contribution in [3.05, 3.63) is 29.6 Å². The van der Waals surface area contributed by atoms with Crippen LogP contribution in [0.25, 0.3) is 0 Å². The third kappa shape index (κ3) is 3.32. The van der Waals surface area contributed by atoms with Crippen molar-refractivity contribution in [1.82, 2.24) is 5.32 Å². The van der Waals surface area contributed by atoms with E-state index in [0.717, 1.165) is 36.7 Å². The molecule has 1 aliphatic heterocycles. The van der Waals surface area contributed by atoms with Gasteiger partial charge in [0.05, 0.1) is 0 Å². The number of hydrogen-bond acceptors (Lipinski definition) is 2. The Morgan fingerprint density at radius 1 is 1.35 bits per heavy atom. The topological polar surface area (TPSA) is 21.3 Å². The number of ether oxygens (including phenoxy) is 1. The highest BCUT2D eigenvalue weighted by atomic mass is 19.1. The molecule has 0 aromatic heterocycles. The van der Waals surface area contributed by atoms with Gasteiger partial charge in [-0.1, -0.05) is 13.8 Å². The smallest absolute Gasteiger partial charge is 0.123 e. The largest absolute Gasteiger partial charge is 0.490 e. The van der Waals surface area contributed by atoms with E-state index in [0.29, 0.717) is 11.8 Å². The fourth-order valence-corrected chi connectivity index (χ4v) is 2.95. The van der Waals surface area contributed by atoms with Crippen LogP contribution < -0.4 is 10.1 Å². The molecule has 20 heavy (non-hydrogen) atoms. The Morgan fingerprint density at radius 3 is 2.85 bits per heavy atom. The van der Waals surface area contributed by atoms with Crippen LogP contribution in [0.5, 0.6) is 5.75 Å². The van der Waals surface area contributed by atoms with E-state index in [9.17, 15) is 4.39 Å². The van der Waals surface area contributed by atoms with E-state index in [-0.39, 0.29) is 11.9 Å². The van der Waals surface area contributed by atoms with Crippen molar-refractivity contribution in [3.63, 3.8) is 0 Å². The number of halogens is 1. The van der Waals surface area contributed by atoms with Gasteiger partial charge in [-0.15, -0.1) is 0 Å². The Hall–Kier alpha value is -1.09. The van der Waals surface area contributed by atoms with Gasteiger partial charge in [0.15, 0.2) is 0 Å². The second-order valence-electron chi connectivity index (χ2n) is 6.62. The fourth-order valence-electron chi connectivity index (χ4n) is 2.95. The molecule has 110 valence electrons. The zero-order valence-electron chi connectivity index (χ0n) is 12.4. The van der Waals surface area contributed by atoms with E-state index < -0.39 is 0 Å². The first-order valence-electron chi connectivity index (χ1n) is 7.80. The molecule has 2 unspecified atom stereocenters. The van der Waals surface area contributed by atoms with E-state index in [4.69, 9.17) is 4.74 Å². The zero-order valence-corrected chi connectivity index (χ0v) is 12.4. The summed E-state index contributed by atoms with van der Waals surface area (Å²) < 4.78 is 19.2. The van der Waals surface area contributed by atoms with Crippen LogP contribution in [0.15, 0.2) is 18.2 Å². The zero-order chi connectivity index (χ0) is 14.1. The summed E-state index contributed by atoms with van der Waals surface area (Å²) in [5.41, 5.74) is 1.02. The highest BCUT2D eigenvalue weighted by Gasteiger charge is 2.29. The Labute approximate surface area is 120 Å².